The Labute approximate surface area is 94.5 Å². The Balaban J connectivity index is 2.74. The fourth-order valence-electron chi connectivity index (χ4n) is 1.75. The van der Waals surface area contributed by atoms with E-state index in [1.165, 1.54) is 0 Å². The van der Waals surface area contributed by atoms with E-state index < -0.39 is 6.43 Å². The van der Waals surface area contributed by atoms with E-state index in [1.807, 2.05) is 12.1 Å². The summed E-state index contributed by atoms with van der Waals surface area (Å²) in [5, 5.41) is 9.58. The quantitative estimate of drug-likeness (QED) is 0.858. The van der Waals surface area contributed by atoms with Gasteiger partial charge < -0.3 is 5.11 Å². The normalized spacial score (nSPS) is 11.4. The number of aromatic hydroxyl groups is 1. The Kier molecular flexibility index (Phi) is 4.24. The van der Waals surface area contributed by atoms with Crippen molar-refractivity contribution in [3.63, 3.8) is 0 Å². The number of alkyl halides is 2. The number of phenolic OH excluding ortho intramolecular Hbond substituents is 1. The van der Waals surface area contributed by atoms with Gasteiger partial charge in [-0.1, -0.05) is 12.1 Å². The second kappa shape index (κ2) is 5.25. The monoisotopic (exact) mass is 229 g/mol. The average Bonchev–Trinajstić information content (AvgIpc) is 2.12. The molecule has 0 atom stereocenters. The zero-order chi connectivity index (χ0) is 12.3. The molecule has 0 saturated heterocycles. The molecule has 2 nitrogen and oxygen atoms in total. The number of nitrogens with zero attached hydrogens (tertiary/aromatic N) is 1. The molecule has 0 aliphatic heterocycles. The maximum Gasteiger partial charge on any atom is 0.251 e. The van der Waals surface area contributed by atoms with Gasteiger partial charge in [0.2, 0.25) is 0 Å². The Bertz CT molecular complexity index is 343. The Morgan fingerprint density at radius 3 is 2.19 bits per heavy atom. The van der Waals surface area contributed by atoms with Crippen LogP contribution in [0.5, 0.6) is 5.75 Å². The van der Waals surface area contributed by atoms with Gasteiger partial charge in [0.05, 0.1) is 6.54 Å². The van der Waals surface area contributed by atoms with Crippen LogP contribution in [-0.4, -0.2) is 30.0 Å². The molecular weight excluding hydrogens is 212 g/mol. The summed E-state index contributed by atoms with van der Waals surface area (Å²) in [7, 11) is 1.66. The van der Waals surface area contributed by atoms with E-state index in [4.69, 9.17) is 0 Å². The first kappa shape index (κ1) is 12.9. The maximum absolute atomic E-state index is 12.1. The van der Waals surface area contributed by atoms with E-state index in [1.54, 1.807) is 25.8 Å². The molecule has 0 aromatic heterocycles. The summed E-state index contributed by atoms with van der Waals surface area (Å²) in [6.07, 6.45) is -2.32. The van der Waals surface area contributed by atoms with Crippen LogP contribution in [0.4, 0.5) is 8.78 Å². The van der Waals surface area contributed by atoms with Gasteiger partial charge in [-0.25, -0.2) is 8.78 Å². The van der Waals surface area contributed by atoms with Gasteiger partial charge in [-0.3, -0.25) is 4.90 Å². The highest BCUT2D eigenvalue weighted by Crippen LogP contribution is 2.23. The van der Waals surface area contributed by atoms with Crippen molar-refractivity contribution in [1.82, 2.24) is 4.90 Å². The molecule has 0 bridgehead atoms. The highest BCUT2D eigenvalue weighted by Gasteiger charge is 2.09. The highest BCUT2D eigenvalue weighted by molar-refractivity contribution is 5.42. The summed E-state index contributed by atoms with van der Waals surface area (Å²) in [5.74, 6) is 0.278. The van der Waals surface area contributed by atoms with Gasteiger partial charge in [0, 0.05) is 6.54 Å². The first-order valence-corrected chi connectivity index (χ1v) is 5.16. The van der Waals surface area contributed by atoms with E-state index >= 15 is 0 Å². The second-order valence-corrected chi connectivity index (χ2v) is 4.17. The van der Waals surface area contributed by atoms with Crippen molar-refractivity contribution in [3.8, 4) is 5.75 Å². The number of halogens is 2. The number of aryl methyl sites for hydroxylation is 2. The molecule has 90 valence electrons. The average molecular weight is 229 g/mol. The molecule has 1 aromatic rings. The molecular formula is C12H17F2NO. The van der Waals surface area contributed by atoms with E-state index in [0.717, 1.165) is 16.7 Å². The lowest BCUT2D eigenvalue weighted by molar-refractivity contribution is 0.0975. The van der Waals surface area contributed by atoms with Gasteiger partial charge in [0.1, 0.15) is 5.75 Å². The van der Waals surface area contributed by atoms with Crippen molar-refractivity contribution in [2.75, 3.05) is 13.6 Å². The van der Waals surface area contributed by atoms with Gasteiger partial charge in [-0.05, 0) is 37.6 Å². The third-order valence-corrected chi connectivity index (χ3v) is 2.45. The highest BCUT2D eigenvalue weighted by atomic mass is 19.3. The Morgan fingerprint density at radius 1 is 1.25 bits per heavy atom. The van der Waals surface area contributed by atoms with E-state index in [0.29, 0.717) is 6.54 Å². The second-order valence-electron chi connectivity index (χ2n) is 4.17. The van der Waals surface area contributed by atoms with Crippen LogP contribution < -0.4 is 0 Å². The molecule has 0 fully saturated rings. The van der Waals surface area contributed by atoms with Crippen LogP contribution >= 0.6 is 0 Å². The summed E-state index contributed by atoms with van der Waals surface area (Å²) in [5.41, 5.74) is 2.50. The Hall–Kier alpha value is -1.16. The summed E-state index contributed by atoms with van der Waals surface area (Å²) in [4.78, 5) is 1.57. The maximum atomic E-state index is 12.1. The summed E-state index contributed by atoms with van der Waals surface area (Å²) in [6.45, 7) is 3.84. The van der Waals surface area contributed by atoms with Crippen LogP contribution in [0.3, 0.4) is 0 Å². The van der Waals surface area contributed by atoms with Crippen molar-refractivity contribution in [2.45, 2.75) is 26.8 Å². The molecule has 1 rings (SSSR count). The fourth-order valence-corrected chi connectivity index (χ4v) is 1.75. The van der Waals surface area contributed by atoms with Crippen molar-refractivity contribution in [3.05, 3.63) is 28.8 Å². The first-order valence-electron chi connectivity index (χ1n) is 5.16. The Morgan fingerprint density at radius 2 is 1.75 bits per heavy atom. The van der Waals surface area contributed by atoms with Crippen LogP contribution in [0.1, 0.15) is 16.7 Å². The summed E-state index contributed by atoms with van der Waals surface area (Å²) < 4.78 is 24.3. The summed E-state index contributed by atoms with van der Waals surface area (Å²) in [6, 6.07) is 3.65. The van der Waals surface area contributed by atoms with E-state index in [2.05, 4.69) is 0 Å². The molecule has 0 unspecified atom stereocenters. The number of phenols is 1. The van der Waals surface area contributed by atoms with Gasteiger partial charge >= 0.3 is 0 Å². The molecule has 4 heteroatoms. The van der Waals surface area contributed by atoms with Gasteiger partial charge in [0.15, 0.2) is 0 Å². The van der Waals surface area contributed by atoms with Crippen LogP contribution in [0.25, 0.3) is 0 Å². The predicted molar refractivity (Wildman–Crippen MR) is 59.9 cm³/mol. The largest absolute Gasteiger partial charge is 0.507 e. The molecule has 16 heavy (non-hydrogen) atoms. The van der Waals surface area contributed by atoms with Crippen LogP contribution in [0, 0.1) is 13.8 Å². The lowest BCUT2D eigenvalue weighted by Gasteiger charge is -2.17. The van der Waals surface area contributed by atoms with Gasteiger partial charge in [-0.2, -0.15) is 0 Å². The standard InChI is InChI=1S/C12H17F2NO/c1-8-4-10(5-9(2)12(8)16)6-15(3)7-11(13)14/h4-5,11,16H,6-7H2,1-3H3. The van der Waals surface area contributed by atoms with Gasteiger partial charge in [-0.15, -0.1) is 0 Å². The lowest BCUT2D eigenvalue weighted by atomic mass is 10.1. The minimum atomic E-state index is -2.32. The molecule has 0 aliphatic carbocycles. The first-order chi connectivity index (χ1) is 7.40. The number of hydrogen-bond acceptors (Lipinski definition) is 2. The van der Waals surface area contributed by atoms with Crippen molar-refractivity contribution < 1.29 is 13.9 Å². The molecule has 1 aromatic carbocycles. The topological polar surface area (TPSA) is 23.5 Å². The minimum Gasteiger partial charge on any atom is -0.507 e. The number of rotatable bonds is 4. The van der Waals surface area contributed by atoms with E-state index in [9.17, 15) is 13.9 Å². The minimum absolute atomic E-state index is 0.237. The predicted octanol–water partition coefficient (Wildman–Crippen LogP) is 2.71. The van der Waals surface area contributed by atoms with Crippen molar-refractivity contribution in [1.29, 1.82) is 0 Å². The molecule has 0 saturated carbocycles. The van der Waals surface area contributed by atoms with Crippen molar-refractivity contribution >= 4 is 0 Å². The molecule has 0 amide bonds. The van der Waals surface area contributed by atoms with Crippen LogP contribution in [0.2, 0.25) is 0 Å². The van der Waals surface area contributed by atoms with Gasteiger partial charge in [0.25, 0.3) is 6.43 Å². The molecule has 0 aliphatic rings. The third-order valence-electron chi connectivity index (χ3n) is 2.45. The SMILES string of the molecule is Cc1cc(CN(C)CC(F)F)cc(C)c1O. The van der Waals surface area contributed by atoms with Crippen LogP contribution in [0.15, 0.2) is 12.1 Å². The number of hydrogen-bond donors (Lipinski definition) is 1. The zero-order valence-corrected chi connectivity index (χ0v) is 9.80. The summed E-state index contributed by atoms with van der Waals surface area (Å²) >= 11 is 0. The molecule has 1 N–H and O–H groups in total. The lowest BCUT2D eigenvalue weighted by Crippen LogP contribution is -2.24. The molecule has 0 radical (unpaired) electrons. The van der Waals surface area contributed by atoms with Crippen molar-refractivity contribution in [2.24, 2.45) is 0 Å². The third kappa shape index (κ3) is 3.45. The smallest absolute Gasteiger partial charge is 0.251 e. The molecule has 0 heterocycles. The van der Waals surface area contributed by atoms with Crippen LogP contribution in [-0.2, 0) is 6.54 Å². The zero-order valence-electron chi connectivity index (χ0n) is 9.80. The van der Waals surface area contributed by atoms with E-state index in [-0.39, 0.29) is 12.3 Å². The fraction of sp³-hybridized carbons (Fsp3) is 0.500. The number of benzene rings is 1. The molecule has 0 spiro atoms.